The van der Waals surface area contributed by atoms with E-state index in [2.05, 4.69) is 30.3 Å². The lowest BCUT2D eigenvalue weighted by Crippen LogP contribution is -2.21. The van der Waals surface area contributed by atoms with Gasteiger partial charge in [-0.25, -0.2) is 0 Å². The normalized spacial score (nSPS) is 18.5. The number of nitrogens with two attached hydrogens (primary N) is 1. The quantitative estimate of drug-likeness (QED) is 0.780. The van der Waals surface area contributed by atoms with Crippen LogP contribution in [0.3, 0.4) is 0 Å². The summed E-state index contributed by atoms with van der Waals surface area (Å²) in [5, 5.41) is 0. The number of benzene rings is 1. The van der Waals surface area contributed by atoms with Crippen molar-refractivity contribution >= 4 is 0 Å². The van der Waals surface area contributed by atoms with Crippen molar-refractivity contribution in [1.82, 2.24) is 0 Å². The fourth-order valence-corrected chi connectivity index (χ4v) is 2.55. The average molecular weight is 203 g/mol. The Morgan fingerprint density at radius 1 is 1.20 bits per heavy atom. The van der Waals surface area contributed by atoms with Crippen LogP contribution in [0, 0.1) is 5.92 Å². The molecule has 0 bridgehead atoms. The molecule has 0 aliphatic heterocycles. The molecule has 0 aromatic heterocycles. The fraction of sp³-hybridized carbons (Fsp3) is 0.571. The van der Waals surface area contributed by atoms with Gasteiger partial charge in [0.1, 0.15) is 0 Å². The van der Waals surface area contributed by atoms with Crippen molar-refractivity contribution in [2.75, 3.05) is 6.54 Å². The summed E-state index contributed by atoms with van der Waals surface area (Å²) in [6, 6.07) is 11.0. The fourth-order valence-electron chi connectivity index (χ4n) is 2.55. The van der Waals surface area contributed by atoms with Gasteiger partial charge in [-0.1, -0.05) is 36.8 Å². The molecule has 1 aliphatic carbocycles. The highest BCUT2D eigenvalue weighted by molar-refractivity contribution is 5.20. The highest BCUT2D eigenvalue weighted by atomic mass is 14.5. The molecular weight excluding hydrogens is 182 g/mol. The maximum Gasteiger partial charge on any atom is -0.00771 e. The molecule has 1 saturated carbocycles. The summed E-state index contributed by atoms with van der Waals surface area (Å²) in [6.07, 6.45) is 6.70. The van der Waals surface area contributed by atoms with Crippen LogP contribution in [0.25, 0.3) is 0 Å². The van der Waals surface area contributed by atoms with Gasteiger partial charge < -0.3 is 5.73 Å². The SMILES string of the molecule is NCCCC(c1ccccc1)C1CCC1. The van der Waals surface area contributed by atoms with Gasteiger partial charge in [-0.3, -0.25) is 0 Å². The Hall–Kier alpha value is -0.820. The molecule has 1 aromatic carbocycles. The van der Waals surface area contributed by atoms with Gasteiger partial charge in [0.25, 0.3) is 0 Å². The second kappa shape index (κ2) is 5.32. The van der Waals surface area contributed by atoms with Crippen LogP contribution >= 0.6 is 0 Å². The molecular formula is C14H21N. The Balaban J connectivity index is 2.04. The molecule has 1 aliphatic rings. The molecule has 1 heteroatoms. The highest BCUT2D eigenvalue weighted by Gasteiger charge is 2.27. The van der Waals surface area contributed by atoms with E-state index in [1.807, 2.05) is 0 Å². The van der Waals surface area contributed by atoms with Gasteiger partial charge in [-0.15, -0.1) is 0 Å². The van der Waals surface area contributed by atoms with E-state index in [9.17, 15) is 0 Å². The lowest BCUT2D eigenvalue weighted by Gasteiger charge is -2.34. The highest BCUT2D eigenvalue weighted by Crippen LogP contribution is 2.41. The third kappa shape index (κ3) is 2.60. The number of hydrogen-bond donors (Lipinski definition) is 1. The Labute approximate surface area is 92.7 Å². The van der Waals surface area contributed by atoms with Gasteiger partial charge in [0.15, 0.2) is 0 Å². The molecule has 0 amide bonds. The molecule has 82 valence electrons. The zero-order valence-electron chi connectivity index (χ0n) is 9.36. The minimum Gasteiger partial charge on any atom is -0.330 e. The summed E-state index contributed by atoms with van der Waals surface area (Å²) in [7, 11) is 0. The summed E-state index contributed by atoms with van der Waals surface area (Å²) in [4.78, 5) is 0. The lowest BCUT2D eigenvalue weighted by atomic mass is 9.71. The molecule has 1 unspecified atom stereocenters. The van der Waals surface area contributed by atoms with Crippen molar-refractivity contribution in [3.63, 3.8) is 0 Å². The van der Waals surface area contributed by atoms with Crippen LogP contribution in [0.15, 0.2) is 30.3 Å². The molecule has 2 rings (SSSR count). The van der Waals surface area contributed by atoms with E-state index >= 15 is 0 Å². The molecule has 0 spiro atoms. The third-order valence-corrected chi connectivity index (χ3v) is 3.67. The summed E-state index contributed by atoms with van der Waals surface area (Å²) < 4.78 is 0. The van der Waals surface area contributed by atoms with E-state index in [0.29, 0.717) is 0 Å². The zero-order valence-corrected chi connectivity index (χ0v) is 9.36. The summed E-state index contributed by atoms with van der Waals surface area (Å²) in [5.41, 5.74) is 7.14. The van der Waals surface area contributed by atoms with Crippen LogP contribution in [0.1, 0.15) is 43.6 Å². The van der Waals surface area contributed by atoms with Gasteiger partial charge in [-0.2, -0.15) is 0 Å². The molecule has 2 N–H and O–H groups in total. The first-order chi connectivity index (χ1) is 7.42. The van der Waals surface area contributed by atoms with E-state index in [1.54, 1.807) is 0 Å². The van der Waals surface area contributed by atoms with Crippen molar-refractivity contribution < 1.29 is 0 Å². The number of rotatable bonds is 5. The Morgan fingerprint density at radius 2 is 1.93 bits per heavy atom. The molecule has 1 nitrogen and oxygen atoms in total. The zero-order chi connectivity index (χ0) is 10.5. The van der Waals surface area contributed by atoms with Gasteiger partial charge in [0.05, 0.1) is 0 Å². The topological polar surface area (TPSA) is 26.0 Å². The van der Waals surface area contributed by atoms with E-state index < -0.39 is 0 Å². The van der Waals surface area contributed by atoms with Gasteiger partial charge in [-0.05, 0) is 49.6 Å². The Bertz CT molecular complexity index is 277. The minimum atomic E-state index is 0.767. The van der Waals surface area contributed by atoms with Gasteiger partial charge >= 0.3 is 0 Å². The molecule has 0 radical (unpaired) electrons. The largest absolute Gasteiger partial charge is 0.330 e. The second-order valence-electron chi connectivity index (χ2n) is 4.64. The predicted molar refractivity (Wildman–Crippen MR) is 64.8 cm³/mol. The Morgan fingerprint density at radius 3 is 2.47 bits per heavy atom. The van der Waals surface area contributed by atoms with E-state index in [4.69, 9.17) is 5.73 Å². The summed E-state index contributed by atoms with van der Waals surface area (Å²) >= 11 is 0. The van der Waals surface area contributed by atoms with Crippen molar-refractivity contribution in [2.24, 2.45) is 11.7 Å². The maximum atomic E-state index is 5.61. The standard InChI is InChI=1S/C14H21N/c15-11-5-10-14(13-8-4-9-13)12-6-2-1-3-7-12/h1-3,6-7,13-14H,4-5,8-11,15H2. The Kier molecular flexibility index (Phi) is 3.79. The lowest BCUT2D eigenvalue weighted by molar-refractivity contribution is 0.249. The van der Waals surface area contributed by atoms with Crippen LogP contribution in [0.2, 0.25) is 0 Å². The third-order valence-electron chi connectivity index (χ3n) is 3.67. The molecule has 1 aromatic rings. The molecule has 1 fully saturated rings. The number of hydrogen-bond acceptors (Lipinski definition) is 1. The van der Waals surface area contributed by atoms with E-state index in [-0.39, 0.29) is 0 Å². The first kappa shape index (κ1) is 10.7. The van der Waals surface area contributed by atoms with Crippen LogP contribution in [-0.2, 0) is 0 Å². The first-order valence-corrected chi connectivity index (χ1v) is 6.17. The van der Waals surface area contributed by atoms with Crippen molar-refractivity contribution in [3.8, 4) is 0 Å². The molecule has 0 saturated heterocycles. The van der Waals surface area contributed by atoms with Crippen LogP contribution < -0.4 is 5.73 Å². The average Bonchev–Trinajstić information content (AvgIpc) is 2.22. The molecule has 0 heterocycles. The summed E-state index contributed by atoms with van der Waals surface area (Å²) in [5.74, 6) is 1.70. The first-order valence-electron chi connectivity index (χ1n) is 6.17. The van der Waals surface area contributed by atoms with Gasteiger partial charge in [0, 0.05) is 0 Å². The molecule has 1 atom stereocenters. The predicted octanol–water partition coefficient (Wildman–Crippen LogP) is 3.31. The monoisotopic (exact) mass is 203 g/mol. The van der Waals surface area contributed by atoms with Crippen LogP contribution in [0.4, 0.5) is 0 Å². The van der Waals surface area contributed by atoms with E-state index in [1.165, 1.54) is 31.2 Å². The smallest absolute Gasteiger partial charge is 0.00771 e. The minimum absolute atomic E-state index is 0.767. The maximum absolute atomic E-state index is 5.61. The molecule has 15 heavy (non-hydrogen) atoms. The van der Waals surface area contributed by atoms with Crippen molar-refractivity contribution in [3.05, 3.63) is 35.9 Å². The van der Waals surface area contributed by atoms with E-state index in [0.717, 1.165) is 24.8 Å². The van der Waals surface area contributed by atoms with Crippen molar-refractivity contribution in [2.45, 2.75) is 38.0 Å². The van der Waals surface area contributed by atoms with Crippen molar-refractivity contribution in [1.29, 1.82) is 0 Å². The summed E-state index contributed by atoms with van der Waals surface area (Å²) in [6.45, 7) is 0.829. The van der Waals surface area contributed by atoms with Crippen LogP contribution in [0.5, 0.6) is 0 Å². The van der Waals surface area contributed by atoms with Gasteiger partial charge in [0.2, 0.25) is 0 Å². The second-order valence-corrected chi connectivity index (χ2v) is 4.64. The van der Waals surface area contributed by atoms with Crippen LogP contribution in [-0.4, -0.2) is 6.54 Å².